The number of halogens is 1. The summed E-state index contributed by atoms with van der Waals surface area (Å²) in [5, 5.41) is 0.697. The van der Waals surface area contributed by atoms with Gasteiger partial charge in [0.05, 0.1) is 12.6 Å². The maximum atomic E-state index is 6.13. The Balaban J connectivity index is 2.44. The standard InChI is InChI=1S/C17H21ClN2O/c1-3-10-21-16-7-5-4-6-14(16)17(20-19)15-11-13(18)9-8-12(15)2/h4-9,11,17,20H,3,10,19H2,1-2H3. The van der Waals surface area contributed by atoms with Crippen LogP contribution in [0, 0.1) is 6.92 Å². The highest BCUT2D eigenvalue weighted by Gasteiger charge is 2.19. The van der Waals surface area contributed by atoms with E-state index >= 15 is 0 Å². The monoisotopic (exact) mass is 304 g/mol. The Labute approximate surface area is 131 Å². The molecule has 2 aromatic rings. The van der Waals surface area contributed by atoms with Crippen LogP contribution in [0.15, 0.2) is 42.5 Å². The fraction of sp³-hybridized carbons (Fsp3) is 0.294. The van der Waals surface area contributed by atoms with Gasteiger partial charge in [0.1, 0.15) is 5.75 Å². The first kappa shape index (κ1) is 15.8. The van der Waals surface area contributed by atoms with Gasteiger partial charge in [0, 0.05) is 10.6 Å². The molecule has 0 aliphatic heterocycles. The number of benzene rings is 2. The number of aryl methyl sites for hydroxylation is 1. The fourth-order valence-corrected chi connectivity index (χ4v) is 2.51. The lowest BCUT2D eigenvalue weighted by atomic mass is 9.95. The van der Waals surface area contributed by atoms with Gasteiger partial charge in [-0.1, -0.05) is 42.8 Å². The van der Waals surface area contributed by atoms with Crippen molar-refractivity contribution in [3.8, 4) is 5.75 Å². The van der Waals surface area contributed by atoms with Gasteiger partial charge in [0.2, 0.25) is 0 Å². The molecular weight excluding hydrogens is 284 g/mol. The molecule has 0 fully saturated rings. The molecule has 21 heavy (non-hydrogen) atoms. The minimum atomic E-state index is -0.156. The van der Waals surface area contributed by atoms with E-state index in [1.165, 1.54) is 0 Å². The van der Waals surface area contributed by atoms with E-state index in [0.29, 0.717) is 11.6 Å². The van der Waals surface area contributed by atoms with Crippen molar-refractivity contribution < 1.29 is 4.74 Å². The van der Waals surface area contributed by atoms with Gasteiger partial charge in [-0.2, -0.15) is 0 Å². The number of nitrogens with two attached hydrogens (primary N) is 1. The second-order valence-corrected chi connectivity index (χ2v) is 5.42. The molecular formula is C17H21ClN2O. The van der Waals surface area contributed by atoms with E-state index in [0.717, 1.165) is 28.9 Å². The van der Waals surface area contributed by atoms with Gasteiger partial charge in [-0.05, 0) is 42.7 Å². The molecule has 1 unspecified atom stereocenters. The van der Waals surface area contributed by atoms with Crippen molar-refractivity contribution in [1.29, 1.82) is 0 Å². The van der Waals surface area contributed by atoms with Gasteiger partial charge >= 0.3 is 0 Å². The Morgan fingerprint density at radius 3 is 2.67 bits per heavy atom. The van der Waals surface area contributed by atoms with E-state index in [4.69, 9.17) is 22.2 Å². The third-order valence-electron chi connectivity index (χ3n) is 3.41. The van der Waals surface area contributed by atoms with Gasteiger partial charge in [-0.15, -0.1) is 0 Å². The minimum Gasteiger partial charge on any atom is -0.493 e. The molecule has 0 amide bonds. The number of para-hydroxylation sites is 1. The summed E-state index contributed by atoms with van der Waals surface area (Å²) in [6.45, 7) is 4.82. The molecule has 0 bridgehead atoms. The summed E-state index contributed by atoms with van der Waals surface area (Å²) in [6, 6.07) is 13.6. The zero-order valence-corrected chi connectivity index (χ0v) is 13.2. The van der Waals surface area contributed by atoms with Crippen LogP contribution in [-0.2, 0) is 0 Å². The zero-order valence-electron chi connectivity index (χ0n) is 12.4. The lowest BCUT2D eigenvalue weighted by Crippen LogP contribution is -2.29. The quantitative estimate of drug-likeness (QED) is 0.626. The van der Waals surface area contributed by atoms with Crippen LogP contribution in [0.4, 0.5) is 0 Å². The summed E-state index contributed by atoms with van der Waals surface area (Å²) in [5.74, 6) is 6.65. The largest absolute Gasteiger partial charge is 0.493 e. The SMILES string of the molecule is CCCOc1ccccc1C(NN)c1cc(Cl)ccc1C. The average Bonchev–Trinajstić information content (AvgIpc) is 2.50. The van der Waals surface area contributed by atoms with Crippen LogP contribution in [0.5, 0.6) is 5.75 Å². The van der Waals surface area contributed by atoms with Crippen LogP contribution in [0.3, 0.4) is 0 Å². The van der Waals surface area contributed by atoms with E-state index in [2.05, 4.69) is 12.3 Å². The summed E-state index contributed by atoms with van der Waals surface area (Å²) < 4.78 is 5.83. The number of rotatable bonds is 6. The number of ether oxygens (including phenoxy) is 1. The summed E-state index contributed by atoms with van der Waals surface area (Å²) in [7, 11) is 0. The van der Waals surface area contributed by atoms with Crippen LogP contribution < -0.4 is 16.0 Å². The van der Waals surface area contributed by atoms with Gasteiger partial charge in [-0.3, -0.25) is 5.84 Å². The highest BCUT2D eigenvalue weighted by atomic mass is 35.5. The van der Waals surface area contributed by atoms with Crippen LogP contribution in [0.25, 0.3) is 0 Å². The molecule has 0 aromatic heterocycles. The predicted octanol–water partition coefficient (Wildman–Crippen LogP) is 3.99. The molecule has 0 saturated carbocycles. The maximum absolute atomic E-state index is 6.13. The fourth-order valence-electron chi connectivity index (χ4n) is 2.33. The van der Waals surface area contributed by atoms with Crippen LogP contribution in [0.2, 0.25) is 5.02 Å². The molecule has 0 heterocycles. The summed E-state index contributed by atoms with van der Waals surface area (Å²) in [5.41, 5.74) is 6.08. The summed E-state index contributed by atoms with van der Waals surface area (Å²) >= 11 is 6.13. The highest BCUT2D eigenvalue weighted by molar-refractivity contribution is 6.30. The molecule has 2 aromatic carbocycles. The average molecular weight is 305 g/mol. The Morgan fingerprint density at radius 1 is 1.19 bits per heavy atom. The molecule has 0 spiro atoms. The van der Waals surface area contributed by atoms with Crippen molar-refractivity contribution in [3.63, 3.8) is 0 Å². The Hall–Kier alpha value is -1.55. The first-order valence-electron chi connectivity index (χ1n) is 7.11. The van der Waals surface area contributed by atoms with Crippen LogP contribution in [-0.4, -0.2) is 6.61 Å². The topological polar surface area (TPSA) is 47.3 Å². The molecule has 0 aliphatic rings. The molecule has 4 heteroatoms. The number of hydrogen-bond donors (Lipinski definition) is 2. The molecule has 0 saturated heterocycles. The second kappa shape index (κ2) is 7.46. The molecule has 3 nitrogen and oxygen atoms in total. The third-order valence-corrected chi connectivity index (χ3v) is 3.65. The second-order valence-electron chi connectivity index (χ2n) is 4.99. The predicted molar refractivity (Wildman–Crippen MR) is 87.6 cm³/mol. The lowest BCUT2D eigenvalue weighted by Gasteiger charge is -2.22. The van der Waals surface area contributed by atoms with Crippen molar-refractivity contribution in [3.05, 3.63) is 64.2 Å². The zero-order chi connectivity index (χ0) is 15.2. The van der Waals surface area contributed by atoms with E-state index in [-0.39, 0.29) is 6.04 Å². The lowest BCUT2D eigenvalue weighted by molar-refractivity contribution is 0.311. The molecule has 3 N–H and O–H groups in total. The smallest absolute Gasteiger partial charge is 0.124 e. The number of hydrogen-bond acceptors (Lipinski definition) is 3. The van der Waals surface area contributed by atoms with Gasteiger partial charge in [0.15, 0.2) is 0 Å². The van der Waals surface area contributed by atoms with E-state index in [1.807, 2.05) is 49.4 Å². The van der Waals surface area contributed by atoms with Crippen molar-refractivity contribution in [1.82, 2.24) is 5.43 Å². The highest BCUT2D eigenvalue weighted by Crippen LogP contribution is 2.32. The van der Waals surface area contributed by atoms with Crippen molar-refractivity contribution in [2.75, 3.05) is 6.61 Å². The molecule has 0 radical (unpaired) electrons. The number of hydrazine groups is 1. The van der Waals surface area contributed by atoms with E-state index < -0.39 is 0 Å². The van der Waals surface area contributed by atoms with Crippen molar-refractivity contribution in [2.45, 2.75) is 26.3 Å². The van der Waals surface area contributed by atoms with E-state index in [1.54, 1.807) is 0 Å². The van der Waals surface area contributed by atoms with Gasteiger partial charge in [-0.25, -0.2) is 5.43 Å². The normalized spacial score (nSPS) is 12.2. The Kier molecular flexibility index (Phi) is 5.62. The Morgan fingerprint density at radius 2 is 1.95 bits per heavy atom. The van der Waals surface area contributed by atoms with Gasteiger partial charge in [0.25, 0.3) is 0 Å². The molecule has 2 rings (SSSR count). The van der Waals surface area contributed by atoms with E-state index in [9.17, 15) is 0 Å². The molecule has 1 atom stereocenters. The molecule has 0 aliphatic carbocycles. The minimum absolute atomic E-state index is 0.156. The Bertz CT molecular complexity index is 601. The first-order valence-corrected chi connectivity index (χ1v) is 7.49. The van der Waals surface area contributed by atoms with Crippen LogP contribution in [0.1, 0.15) is 36.1 Å². The summed E-state index contributed by atoms with van der Waals surface area (Å²) in [6.07, 6.45) is 0.964. The van der Waals surface area contributed by atoms with Gasteiger partial charge < -0.3 is 4.74 Å². The molecule has 112 valence electrons. The number of nitrogens with one attached hydrogen (secondary N) is 1. The van der Waals surface area contributed by atoms with Crippen LogP contribution >= 0.6 is 11.6 Å². The third kappa shape index (κ3) is 3.76. The maximum Gasteiger partial charge on any atom is 0.124 e. The van der Waals surface area contributed by atoms with Crippen molar-refractivity contribution >= 4 is 11.6 Å². The first-order chi connectivity index (χ1) is 10.2. The van der Waals surface area contributed by atoms with Crippen molar-refractivity contribution in [2.24, 2.45) is 5.84 Å². The summed E-state index contributed by atoms with van der Waals surface area (Å²) in [4.78, 5) is 0.